The Bertz CT molecular complexity index is 426. The molecule has 0 aliphatic carbocycles. The molecule has 0 fully saturated rings. The average molecular weight is 331 g/mol. The maximum Gasteiger partial charge on any atom is 0.239 e. The smallest absolute Gasteiger partial charge is 0.239 e. The number of rotatable bonds is 7. The first-order valence-corrected chi connectivity index (χ1v) is 6.86. The minimum atomic E-state index is -0.0992. The Kier molecular flexibility index (Phi) is 6.72. The van der Waals surface area contributed by atoms with Gasteiger partial charge in [0, 0.05) is 25.6 Å². The van der Waals surface area contributed by atoms with Crippen molar-refractivity contribution in [2.24, 2.45) is 0 Å². The molecule has 1 amide bonds. The Hall–Kier alpha value is -1.21. The summed E-state index contributed by atoms with van der Waals surface area (Å²) in [5.74, 6) is 1.50. The second-order valence-corrected chi connectivity index (χ2v) is 5.10. The lowest BCUT2D eigenvalue weighted by Gasteiger charge is -2.10. The summed E-state index contributed by atoms with van der Waals surface area (Å²) < 4.78 is 5.55. The van der Waals surface area contributed by atoms with Crippen LogP contribution < -0.4 is 10.6 Å². The first-order chi connectivity index (χ1) is 9.02. The monoisotopic (exact) mass is 330 g/mol. The van der Waals surface area contributed by atoms with Gasteiger partial charge >= 0.3 is 0 Å². The van der Waals surface area contributed by atoms with Gasteiger partial charge in [-0.05, 0) is 15.9 Å². The fourth-order valence-electron chi connectivity index (χ4n) is 1.31. The molecule has 1 aromatic rings. The van der Waals surface area contributed by atoms with Gasteiger partial charge in [0.1, 0.15) is 16.2 Å². The molecule has 1 aromatic heterocycles. The van der Waals surface area contributed by atoms with Crippen molar-refractivity contribution in [2.45, 2.75) is 19.8 Å². The van der Waals surface area contributed by atoms with E-state index in [1.807, 2.05) is 13.8 Å². The van der Waals surface area contributed by atoms with Gasteiger partial charge in [0.2, 0.25) is 5.91 Å². The van der Waals surface area contributed by atoms with Gasteiger partial charge in [-0.2, -0.15) is 0 Å². The second kappa shape index (κ2) is 8.06. The number of aromatic nitrogens is 2. The van der Waals surface area contributed by atoms with Crippen LogP contribution in [0, 0.1) is 0 Å². The minimum absolute atomic E-state index is 0.0992. The fraction of sp³-hybridized carbons (Fsp3) is 0.583. The topological polar surface area (TPSA) is 76.1 Å². The van der Waals surface area contributed by atoms with Crippen LogP contribution in [-0.2, 0) is 9.53 Å². The number of nitrogens with zero attached hydrogens (tertiary/aromatic N) is 2. The molecule has 1 heterocycles. The molecule has 0 saturated heterocycles. The van der Waals surface area contributed by atoms with Crippen molar-refractivity contribution >= 4 is 27.7 Å². The summed E-state index contributed by atoms with van der Waals surface area (Å²) in [4.78, 5) is 20.1. The number of hydrogen-bond acceptors (Lipinski definition) is 5. The molecule has 2 N–H and O–H groups in total. The number of ether oxygens (including phenoxy) is 1. The molecule has 0 atom stereocenters. The van der Waals surface area contributed by atoms with E-state index in [1.165, 1.54) is 0 Å². The number of carbonyl (C=O) groups is 1. The molecule has 0 aliphatic rings. The number of amides is 1. The van der Waals surface area contributed by atoms with Crippen LogP contribution in [0.15, 0.2) is 10.7 Å². The van der Waals surface area contributed by atoms with Crippen LogP contribution in [0.5, 0.6) is 0 Å². The third-order valence-electron chi connectivity index (χ3n) is 2.29. The van der Waals surface area contributed by atoms with Crippen LogP contribution in [0.2, 0.25) is 0 Å². The molecule has 106 valence electrons. The number of halogens is 1. The SMILES string of the molecule is COCCNC(=O)CNc1cc(Br)nc(C(C)C)n1. The number of hydrogen-bond donors (Lipinski definition) is 2. The van der Waals surface area contributed by atoms with Gasteiger partial charge in [-0.3, -0.25) is 4.79 Å². The van der Waals surface area contributed by atoms with Crippen molar-refractivity contribution in [1.82, 2.24) is 15.3 Å². The van der Waals surface area contributed by atoms with Gasteiger partial charge < -0.3 is 15.4 Å². The molecule has 0 saturated carbocycles. The first kappa shape index (κ1) is 15.8. The average Bonchev–Trinajstić information content (AvgIpc) is 2.36. The third-order valence-corrected chi connectivity index (χ3v) is 2.69. The van der Waals surface area contributed by atoms with Crippen molar-refractivity contribution in [3.63, 3.8) is 0 Å². The molecule has 0 bridgehead atoms. The van der Waals surface area contributed by atoms with Crippen LogP contribution in [0.25, 0.3) is 0 Å². The Morgan fingerprint density at radius 2 is 2.21 bits per heavy atom. The molecule has 0 aliphatic heterocycles. The summed E-state index contributed by atoms with van der Waals surface area (Å²) in [6.07, 6.45) is 0. The number of carbonyl (C=O) groups excluding carboxylic acids is 1. The molecular weight excluding hydrogens is 312 g/mol. The first-order valence-electron chi connectivity index (χ1n) is 6.07. The summed E-state index contributed by atoms with van der Waals surface area (Å²) in [5.41, 5.74) is 0. The van der Waals surface area contributed by atoms with Crippen LogP contribution in [0.4, 0.5) is 5.82 Å². The number of nitrogens with one attached hydrogen (secondary N) is 2. The van der Waals surface area contributed by atoms with Crippen molar-refractivity contribution in [2.75, 3.05) is 32.1 Å². The van der Waals surface area contributed by atoms with E-state index in [-0.39, 0.29) is 18.4 Å². The maximum absolute atomic E-state index is 11.5. The van der Waals surface area contributed by atoms with E-state index in [0.717, 1.165) is 5.82 Å². The lowest BCUT2D eigenvalue weighted by atomic mass is 10.2. The summed E-state index contributed by atoms with van der Waals surface area (Å²) in [6.45, 7) is 5.21. The molecule has 7 heteroatoms. The van der Waals surface area contributed by atoms with E-state index in [9.17, 15) is 4.79 Å². The highest BCUT2D eigenvalue weighted by molar-refractivity contribution is 9.10. The van der Waals surface area contributed by atoms with Crippen molar-refractivity contribution in [3.8, 4) is 0 Å². The van der Waals surface area contributed by atoms with Gasteiger partial charge in [0.15, 0.2) is 0 Å². The highest BCUT2D eigenvalue weighted by Gasteiger charge is 2.07. The van der Waals surface area contributed by atoms with Gasteiger partial charge in [-0.15, -0.1) is 0 Å². The number of anilines is 1. The lowest BCUT2D eigenvalue weighted by Crippen LogP contribution is -2.32. The lowest BCUT2D eigenvalue weighted by molar-refractivity contribution is -0.119. The van der Waals surface area contributed by atoms with E-state index >= 15 is 0 Å². The number of methoxy groups -OCH3 is 1. The largest absolute Gasteiger partial charge is 0.383 e. The molecule has 0 aromatic carbocycles. The van der Waals surface area contributed by atoms with Crippen molar-refractivity contribution in [1.29, 1.82) is 0 Å². The highest BCUT2D eigenvalue weighted by Crippen LogP contribution is 2.17. The normalized spacial score (nSPS) is 10.6. The summed E-state index contributed by atoms with van der Waals surface area (Å²) in [7, 11) is 1.59. The zero-order chi connectivity index (χ0) is 14.3. The quantitative estimate of drug-likeness (QED) is 0.585. The molecule has 1 rings (SSSR count). The van der Waals surface area contributed by atoms with E-state index in [0.29, 0.717) is 23.6 Å². The van der Waals surface area contributed by atoms with E-state index in [4.69, 9.17) is 4.74 Å². The van der Waals surface area contributed by atoms with E-state index in [2.05, 4.69) is 36.5 Å². The van der Waals surface area contributed by atoms with Gasteiger partial charge in [0.05, 0.1) is 13.2 Å². The van der Waals surface area contributed by atoms with Crippen molar-refractivity contribution in [3.05, 3.63) is 16.5 Å². The Morgan fingerprint density at radius 3 is 2.84 bits per heavy atom. The molecule has 0 radical (unpaired) electrons. The van der Waals surface area contributed by atoms with Crippen LogP contribution in [-0.4, -0.2) is 42.7 Å². The van der Waals surface area contributed by atoms with Gasteiger partial charge in [0.25, 0.3) is 0 Å². The highest BCUT2D eigenvalue weighted by atomic mass is 79.9. The minimum Gasteiger partial charge on any atom is -0.383 e. The van der Waals surface area contributed by atoms with Gasteiger partial charge in [-0.1, -0.05) is 13.8 Å². The predicted octanol–water partition coefficient (Wildman–Crippen LogP) is 1.54. The fourth-order valence-corrected chi connectivity index (χ4v) is 1.71. The van der Waals surface area contributed by atoms with Gasteiger partial charge in [-0.25, -0.2) is 9.97 Å². The van der Waals surface area contributed by atoms with E-state index < -0.39 is 0 Å². The summed E-state index contributed by atoms with van der Waals surface area (Å²) in [6, 6.07) is 1.74. The maximum atomic E-state index is 11.5. The van der Waals surface area contributed by atoms with Crippen LogP contribution in [0.3, 0.4) is 0 Å². The summed E-state index contributed by atoms with van der Waals surface area (Å²) in [5, 5.41) is 5.70. The molecule has 6 nitrogen and oxygen atoms in total. The van der Waals surface area contributed by atoms with Crippen LogP contribution >= 0.6 is 15.9 Å². The molecule has 0 unspecified atom stereocenters. The molecule has 0 spiro atoms. The molecule has 19 heavy (non-hydrogen) atoms. The second-order valence-electron chi connectivity index (χ2n) is 4.29. The van der Waals surface area contributed by atoms with E-state index in [1.54, 1.807) is 13.2 Å². The zero-order valence-electron chi connectivity index (χ0n) is 11.4. The molecular formula is C12H19BrN4O2. The Balaban J connectivity index is 2.50. The zero-order valence-corrected chi connectivity index (χ0v) is 13.0. The van der Waals surface area contributed by atoms with Crippen molar-refractivity contribution < 1.29 is 9.53 Å². The third kappa shape index (κ3) is 5.98. The Morgan fingerprint density at radius 1 is 1.47 bits per heavy atom. The summed E-state index contributed by atoms with van der Waals surface area (Å²) >= 11 is 3.33. The Labute approximate surface area is 121 Å². The predicted molar refractivity (Wildman–Crippen MR) is 77.2 cm³/mol. The standard InChI is InChI=1S/C12H19BrN4O2/c1-8(2)12-16-9(13)6-10(17-12)15-7-11(18)14-4-5-19-3/h6,8H,4-5,7H2,1-3H3,(H,14,18)(H,15,16,17). The van der Waals surface area contributed by atoms with Crippen LogP contribution in [0.1, 0.15) is 25.6 Å².